The van der Waals surface area contributed by atoms with Crippen molar-refractivity contribution < 1.29 is 0 Å². The Morgan fingerprint density at radius 3 is 2.56 bits per heavy atom. The molecule has 3 aromatic rings. The maximum absolute atomic E-state index is 2.82. The van der Waals surface area contributed by atoms with E-state index in [4.69, 9.17) is 0 Å². The molecule has 3 aliphatic rings. The van der Waals surface area contributed by atoms with Crippen LogP contribution in [0.2, 0.25) is 0 Å². The number of aromatic nitrogens is 1. The fourth-order valence-electron chi connectivity index (χ4n) is 6.17. The summed E-state index contributed by atoms with van der Waals surface area (Å²) in [6.07, 6.45) is 5.63. The molecular weight excluding hydrogens is 330 g/mol. The van der Waals surface area contributed by atoms with Crippen molar-refractivity contribution in [3.8, 4) is 0 Å². The van der Waals surface area contributed by atoms with Gasteiger partial charge < -0.3 is 4.57 Å². The van der Waals surface area contributed by atoms with Gasteiger partial charge in [-0.25, -0.2) is 0 Å². The summed E-state index contributed by atoms with van der Waals surface area (Å²) in [4.78, 5) is 5.63. The lowest BCUT2D eigenvalue weighted by molar-refractivity contribution is 0.0975. The van der Waals surface area contributed by atoms with Gasteiger partial charge in [0.25, 0.3) is 0 Å². The zero-order chi connectivity index (χ0) is 18.0. The van der Waals surface area contributed by atoms with Crippen molar-refractivity contribution >= 4 is 10.9 Å². The summed E-state index contributed by atoms with van der Waals surface area (Å²) in [6, 6.07) is 21.4. The van der Waals surface area contributed by atoms with E-state index in [9.17, 15) is 0 Å². The van der Waals surface area contributed by atoms with Crippen LogP contribution in [0.5, 0.6) is 0 Å². The first-order chi connectivity index (χ1) is 13.3. The predicted molar refractivity (Wildman–Crippen MR) is 110 cm³/mol. The van der Waals surface area contributed by atoms with Crippen LogP contribution in [0.3, 0.4) is 0 Å². The third-order valence-corrected chi connectivity index (χ3v) is 7.20. The lowest BCUT2D eigenvalue weighted by Crippen LogP contribution is -2.38. The molecule has 2 saturated heterocycles. The van der Waals surface area contributed by atoms with Crippen LogP contribution in [0.25, 0.3) is 10.9 Å². The summed E-state index contributed by atoms with van der Waals surface area (Å²) in [5.41, 5.74) is 6.05. The fourth-order valence-corrected chi connectivity index (χ4v) is 6.17. The molecule has 27 heavy (non-hydrogen) atoms. The second-order valence-corrected chi connectivity index (χ2v) is 8.46. The van der Waals surface area contributed by atoms with Crippen LogP contribution in [0, 0.1) is 0 Å². The van der Waals surface area contributed by atoms with Crippen LogP contribution in [0.1, 0.15) is 48.3 Å². The first kappa shape index (κ1) is 15.9. The average molecular weight is 358 g/mol. The quantitative estimate of drug-likeness (QED) is 0.628. The Bertz CT molecular complexity index is 990. The molecule has 6 rings (SSSR count). The molecule has 0 aliphatic carbocycles. The number of fused-ring (bicyclic) bond motifs is 7. The highest BCUT2D eigenvalue weighted by Gasteiger charge is 2.51. The van der Waals surface area contributed by atoms with E-state index in [0.717, 1.165) is 13.0 Å². The Balaban J connectivity index is 1.54. The van der Waals surface area contributed by atoms with Crippen LogP contribution in [0.4, 0.5) is 0 Å². The number of para-hydroxylation sites is 1. The van der Waals surface area contributed by atoms with Gasteiger partial charge in [0.05, 0.1) is 12.2 Å². The minimum absolute atomic E-state index is 0.438. The molecule has 4 heterocycles. The Morgan fingerprint density at radius 2 is 1.67 bits per heavy atom. The smallest absolute Gasteiger partial charge is 0.0895 e. The Hall–Kier alpha value is -2.10. The second-order valence-electron chi connectivity index (χ2n) is 8.46. The first-order valence-corrected chi connectivity index (χ1v) is 10.5. The van der Waals surface area contributed by atoms with Crippen molar-refractivity contribution in [2.45, 2.75) is 43.9 Å². The summed E-state index contributed by atoms with van der Waals surface area (Å²) >= 11 is 0. The van der Waals surface area contributed by atoms with E-state index < -0.39 is 0 Å². The summed E-state index contributed by atoms with van der Waals surface area (Å²) < 4.78 is 2.50. The lowest BCUT2D eigenvalue weighted by Gasteiger charge is -2.35. The number of nitrogens with zero attached hydrogens (tertiary/aromatic N) is 3. The molecule has 0 saturated carbocycles. The molecule has 0 spiro atoms. The number of rotatable bonds is 1. The first-order valence-electron chi connectivity index (χ1n) is 10.5. The molecule has 2 aromatic carbocycles. The minimum Gasteiger partial charge on any atom is -0.346 e. The molecule has 3 atom stereocenters. The van der Waals surface area contributed by atoms with Gasteiger partial charge in [-0.3, -0.25) is 9.80 Å². The van der Waals surface area contributed by atoms with E-state index in [1.807, 2.05) is 0 Å². The molecule has 1 aromatic heterocycles. The summed E-state index contributed by atoms with van der Waals surface area (Å²) in [6.45, 7) is 2.40. The van der Waals surface area contributed by atoms with Gasteiger partial charge in [-0.1, -0.05) is 55.0 Å². The van der Waals surface area contributed by atoms with Gasteiger partial charge in [0.2, 0.25) is 0 Å². The molecule has 0 radical (unpaired) electrons. The molecule has 2 fully saturated rings. The Kier molecular flexibility index (Phi) is 3.51. The largest absolute Gasteiger partial charge is 0.346 e. The summed E-state index contributed by atoms with van der Waals surface area (Å²) in [5, 5.41) is 1.47. The number of aryl methyl sites for hydroxylation is 1. The van der Waals surface area contributed by atoms with Crippen molar-refractivity contribution in [1.82, 2.24) is 14.4 Å². The van der Waals surface area contributed by atoms with E-state index in [0.29, 0.717) is 18.2 Å². The number of benzene rings is 2. The zero-order valence-electron chi connectivity index (χ0n) is 16.0. The van der Waals surface area contributed by atoms with Gasteiger partial charge in [-0.2, -0.15) is 0 Å². The highest BCUT2D eigenvalue weighted by Crippen LogP contribution is 2.52. The summed E-state index contributed by atoms with van der Waals surface area (Å²) in [5.74, 6) is 0. The molecule has 3 unspecified atom stereocenters. The molecule has 3 aliphatic heterocycles. The van der Waals surface area contributed by atoms with E-state index in [2.05, 4.69) is 76.0 Å². The topological polar surface area (TPSA) is 11.4 Å². The average Bonchev–Trinajstić information content (AvgIpc) is 3.22. The van der Waals surface area contributed by atoms with Gasteiger partial charge in [-0.15, -0.1) is 0 Å². The molecule has 0 amide bonds. The van der Waals surface area contributed by atoms with E-state index >= 15 is 0 Å². The standard InChI is InChI=1S/C24H27N3/c1-25-20-12-6-5-11-18(20)19-14-16-27-23(22(19)25)21-13-7-8-15-26(21)24(27)17-9-3-2-4-10-17/h2-6,9-12,21,23-24H,7-8,13-16H2,1H3. The van der Waals surface area contributed by atoms with Crippen molar-refractivity contribution in [1.29, 1.82) is 0 Å². The Morgan fingerprint density at radius 1 is 0.852 bits per heavy atom. The van der Waals surface area contributed by atoms with Gasteiger partial charge in [0.1, 0.15) is 0 Å². The van der Waals surface area contributed by atoms with Crippen LogP contribution in [-0.2, 0) is 13.5 Å². The molecule has 138 valence electrons. The maximum Gasteiger partial charge on any atom is 0.0895 e. The highest BCUT2D eigenvalue weighted by atomic mass is 15.5. The van der Waals surface area contributed by atoms with E-state index in [-0.39, 0.29) is 0 Å². The number of hydrogen-bond donors (Lipinski definition) is 0. The van der Waals surface area contributed by atoms with Crippen molar-refractivity contribution in [3.63, 3.8) is 0 Å². The fraction of sp³-hybridized carbons (Fsp3) is 0.417. The normalized spacial score (nSPS) is 28.1. The SMILES string of the molecule is Cn1c2c(c3ccccc31)CCN1C2C2CCCCN2C1c1ccccc1. The lowest BCUT2D eigenvalue weighted by atomic mass is 9.90. The van der Waals surface area contributed by atoms with Gasteiger partial charge in [0.15, 0.2) is 0 Å². The maximum atomic E-state index is 2.82. The van der Waals surface area contributed by atoms with E-state index in [1.54, 1.807) is 11.3 Å². The monoisotopic (exact) mass is 357 g/mol. The zero-order valence-corrected chi connectivity index (χ0v) is 16.0. The molecule has 3 nitrogen and oxygen atoms in total. The van der Waals surface area contributed by atoms with Gasteiger partial charge in [-0.05, 0) is 36.5 Å². The number of hydrogen-bond acceptors (Lipinski definition) is 2. The number of piperidine rings is 1. The third kappa shape index (κ3) is 2.16. The van der Waals surface area contributed by atoms with Crippen LogP contribution >= 0.6 is 0 Å². The van der Waals surface area contributed by atoms with Crippen molar-refractivity contribution in [2.24, 2.45) is 7.05 Å². The van der Waals surface area contributed by atoms with E-state index in [1.165, 1.54) is 42.3 Å². The van der Waals surface area contributed by atoms with Crippen molar-refractivity contribution in [3.05, 3.63) is 71.4 Å². The molecular formula is C24H27N3. The van der Waals surface area contributed by atoms with Crippen LogP contribution in [-0.4, -0.2) is 33.5 Å². The van der Waals surface area contributed by atoms with Gasteiger partial charge in [0, 0.05) is 42.8 Å². The predicted octanol–water partition coefficient (Wildman–Crippen LogP) is 4.64. The summed E-state index contributed by atoms with van der Waals surface area (Å²) in [7, 11) is 2.29. The third-order valence-electron chi connectivity index (χ3n) is 7.20. The van der Waals surface area contributed by atoms with Gasteiger partial charge >= 0.3 is 0 Å². The second kappa shape index (κ2) is 5.95. The highest BCUT2D eigenvalue weighted by molar-refractivity contribution is 5.86. The van der Waals surface area contributed by atoms with Crippen molar-refractivity contribution in [2.75, 3.05) is 13.1 Å². The minimum atomic E-state index is 0.438. The molecule has 3 heteroatoms. The van der Waals surface area contributed by atoms with Crippen LogP contribution in [0.15, 0.2) is 54.6 Å². The Labute approximate surface area is 161 Å². The molecule has 0 bridgehead atoms. The van der Waals surface area contributed by atoms with Crippen LogP contribution < -0.4 is 0 Å². The molecule has 0 N–H and O–H groups in total.